The van der Waals surface area contributed by atoms with Crippen molar-refractivity contribution in [2.24, 2.45) is 0 Å². The lowest BCUT2D eigenvalue weighted by molar-refractivity contribution is 0.0865. The van der Waals surface area contributed by atoms with Crippen LogP contribution in [0.15, 0.2) is 0 Å². The van der Waals surface area contributed by atoms with Gasteiger partial charge in [-0.3, -0.25) is 4.90 Å². The molecule has 66 valence electrons. The maximum absolute atomic E-state index is 5.39. The van der Waals surface area contributed by atoms with Gasteiger partial charge in [-0.1, -0.05) is 0 Å². The van der Waals surface area contributed by atoms with Crippen LogP contribution in [0.1, 0.15) is 26.7 Å². The third kappa shape index (κ3) is 2.17. The van der Waals surface area contributed by atoms with E-state index in [1.54, 1.807) is 0 Å². The Labute approximate surface area is 69.5 Å². The van der Waals surface area contributed by atoms with Crippen molar-refractivity contribution in [3.8, 4) is 0 Å². The summed E-state index contributed by atoms with van der Waals surface area (Å²) in [6, 6.07) is 1.42. The minimum atomic E-state index is 0.671. The number of hydrogen-bond donors (Lipinski definition) is 0. The molecule has 0 bridgehead atoms. The van der Waals surface area contributed by atoms with E-state index in [1.165, 1.54) is 12.8 Å². The lowest BCUT2D eigenvalue weighted by Gasteiger charge is -2.22. The van der Waals surface area contributed by atoms with E-state index >= 15 is 0 Å². The maximum Gasteiger partial charge on any atom is 0.0621 e. The first-order chi connectivity index (χ1) is 5.25. The lowest BCUT2D eigenvalue weighted by Crippen LogP contribution is -2.33. The van der Waals surface area contributed by atoms with E-state index in [2.05, 4.69) is 25.8 Å². The van der Waals surface area contributed by atoms with Gasteiger partial charge in [0.15, 0.2) is 0 Å². The van der Waals surface area contributed by atoms with Gasteiger partial charge in [-0.2, -0.15) is 0 Å². The van der Waals surface area contributed by atoms with Gasteiger partial charge in [0, 0.05) is 18.7 Å². The predicted molar refractivity (Wildman–Crippen MR) is 46.7 cm³/mol. The van der Waals surface area contributed by atoms with E-state index in [-0.39, 0.29) is 0 Å². The molecule has 1 fully saturated rings. The van der Waals surface area contributed by atoms with Crippen LogP contribution in [0, 0.1) is 0 Å². The molecule has 0 N–H and O–H groups in total. The van der Waals surface area contributed by atoms with Crippen molar-refractivity contribution in [2.45, 2.75) is 38.8 Å². The molecule has 0 aromatic carbocycles. The van der Waals surface area contributed by atoms with Crippen molar-refractivity contribution in [3.63, 3.8) is 0 Å². The smallest absolute Gasteiger partial charge is 0.0621 e. The van der Waals surface area contributed by atoms with Crippen molar-refractivity contribution in [2.75, 3.05) is 20.3 Å². The van der Waals surface area contributed by atoms with Gasteiger partial charge in [0.05, 0.1) is 6.61 Å². The molecule has 0 radical (unpaired) electrons. The third-order valence-corrected chi connectivity index (χ3v) is 2.70. The molecule has 2 atom stereocenters. The van der Waals surface area contributed by atoms with Crippen LogP contribution in [-0.4, -0.2) is 37.2 Å². The van der Waals surface area contributed by atoms with Crippen molar-refractivity contribution in [3.05, 3.63) is 0 Å². The zero-order valence-corrected chi connectivity index (χ0v) is 7.84. The standard InChI is InChI=1S/C9H19NO/c1-4-11-7-9-6-5-8(2)10(9)3/h8-9H,4-7H2,1-3H3. The molecule has 0 aromatic rings. The fraction of sp³-hybridized carbons (Fsp3) is 1.00. The van der Waals surface area contributed by atoms with Crippen molar-refractivity contribution >= 4 is 0 Å². The van der Waals surface area contributed by atoms with Gasteiger partial charge >= 0.3 is 0 Å². The van der Waals surface area contributed by atoms with E-state index in [0.717, 1.165) is 19.3 Å². The Kier molecular flexibility index (Phi) is 3.34. The van der Waals surface area contributed by atoms with Gasteiger partial charge in [0.25, 0.3) is 0 Å². The van der Waals surface area contributed by atoms with Crippen LogP contribution < -0.4 is 0 Å². The van der Waals surface area contributed by atoms with Gasteiger partial charge in [-0.25, -0.2) is 0 Å². The molecular formula is C9H19NO. The number of likely N-dealkylation sites (tertiary alicyclic amines) is 1. The number of nitrogens with zero attached hydrogens (tertiary/aromatic N) is 1. The van der Waals surface area contributed by atoms with Crippen molar-refractivity contribution in [1.29, 1.82) is 0 Å². The molecule has 2 unspecified atom stereocenters. The van der Waals surface area contributed by atoms with E-state index in [4.69, 9.17) is 4.74 Å². The fourth-order valence-corrected chi connectivity index (χ4v) is 1.66. The van der Waals surface area contributed by atoms with E-state index in [0.29, 0.717) is 6.04 Å². The molecule has 0 saturated carbocycles. The number of hydrogen-bond acceptors (Lipinski definition) is 2. The molecule has 11 heavy (non-hydrogen) atoms. The van der Waals surface area contributed by atoms with Gasteiger partial charge in [-0.05, 0) is 33.7 Å². The molecule has 0 amide bonds. The van der Waals surface area contributed by atoms with Crippen LogP contribution in [0.4, 0.5) is 0 Å². The molecule has 1 saturated heterocycles. The topological polar surface area (TPSA) is 12.5 Å². The first kappa shape index (κ1) is 9.01. The molecule has 1 rings (SSSR count). The average molecular weight is 157 g/mol. The third-order valence-electron chi connectivity index (χ3n) is 2.70. The first-order valence-corrected chi connectivity index (χ1v) is 4.55. The Morgan fingerprint density at radius 2 is 2.18 bits per heavy atom. The Balaban J connectivity index is 2.24. The predicted octanol–water partition coefficient (Wildman–Crippen LogP) is 1.51. The Hall–Kier alpha value is -0.0800. The molecule has 2 heteroatoms. The summed E-state index contributed by atoms with van der Waals surface area (Å²) in [5.41, 5.74) is 0. The summed E-state index contributed by atoms with van der Waals surface area (Å²) >= 11 is 0. The van der Waals surface area contributed by atoms with Crippen LogP contribution >= 0.6 is 0 Å². The van der Waals surface area contributed by atoms with E-state index < -0.39 is 0 Å². The SMILES string of the molecule is CCOCC1CCC(C)N1C. The van der Waals surface area contributed by atoms with Gasteiger partial charge in [0.2, 0.25) is 0 Å². The second-order valence-electron chi connectivity index (χ2n) is 3.41. The highest BCUT2D eigenvalue weighted by Gasteiger charge is 2.26. The van der Waals surface area contributed by atoms with Crippen LogP contribution in [-0.2, 0) is 4.74 Å². The molecule has 0 aromatic heterocycles. The van der Waals surface area contributed by atoms with Crippen molar-refractivity contribution in [1.82, 2.24) is 4.90 Å². The molecule has 1 heterocycles. The minimum Gasteiger partial charge on any atom is -0.380 e. The summed E-state index contributed by atoms with van der Waals surface area (Å²) in [7, 11) is 2.20. The number of rotatable bonds is 3. The summed E-state index contributed by atoms with van der Waals surface area (Å²) in [5, 5.41) is 0. The zero-order chi connectivity index (χ0) is 8.27. The zero-order valence-electron chi connectivity index (χ0n) is 7.84. The maximum atomic E-state index is 5.39. The first-order valence-electron chi connectivity index (χ1n) is 4.55. The number of ether oxygens (including phenoxy) is 1. The highest BCUT2D eigenvalue weighted by Crippen LogP contribution is 2.21. The quantitative estimate of drug-likeness (QED) is 0.615. The van der Waals surface area contributed by atoms with Crippen LogP contribution in [0.3, 0.4) is 0 Å². The van der Waals surface area contributed by atoms with Crippen LogP contribution in [0.2, 0.25) is 0 Å². The second kappa shape index (κ2) is 4.07. The fourth-order valence-electron chi connectivity index (χ4n) is 1.66. The molecule has 0 spiro atoms. The largest absolute Gasteiger partial charge is 0.380 e. The molecule has 1 aliphatic heterocycles. The summed E-state index contributed by atoms with van der Waals surface area (Å²) in [4.78, 5) is 2.43. The van der Waals surface area contributed by atoms with Crippen LogP contribution in [0.25, 0.3) is 0 Å². The highest BCUT2D eigenvalue weighted by atomic mass is 16.5. The molecule has 1 aliphatic rings. The average Bonchev–Trinajstić information content (AvgIpc) is 2.31. The summed E-state index contributed by atoms with van der Waals surface area (Å²) in [6.07, 6.45) is 2.63. The second-order valence-corrected chi connectivity index (χ2v) is 3.41. The summed E-state index contributed by atoms with van der Waals surface area (Å²) in [5.74, 6) is 0. The monoisotopic (exact) mass is 157 g/mol. The minimum absolute atomic E-state index is 0.671. The van der Waals surface area contributed by atoms with E-state index in [9.17, 15) is 0 Å². The Morgan fingerprint density at radius 3 is 2.64 bits per heavy atom. The van der Waals surface area contributed by atoms with Gasteiger partial charge in [-0.15, -0.1) is 0 Å². The molecule has 0 aliphatic carbocycles. The van der Waals surface area contributed by atoms with Gasteiger partial charge in [0.1, 0.15) is 0 Å². The molecular weight excluding hydrogens is 138 g/mol. The summed E-state index contributed by atoms with van der Waals surface area (Å²) < 4.78 is 5.39. The normalized spacial score (nSPS) is 33.0. The Morgan fingerprint density at radius 1 is 1.45 bits per heavy atom. The van der Waals surface area contributed by atoms with E-state index in [1.807, 2.05) is 0 Å². The summed E-state index contributed by atoms with van der Waals surface area (Å²) in [6.45, 7) is 6.10. The lowest BCUT2D eigenvalue weighted by atomic mass is 10.2. The highest BCUT2D eigenvalue weighted by molar-refractivity contribution is 4.81. The van der Waals surface area contributed by atoms with Crippen LogP contribution in [0.5, 0.6) is 0 Å². The van der Waals surface area contributed by atoms with Gasteiger partial charge < -0.3 is 4.74 Å². The Bertz CT molecular complexity index is 116. The van der Waals surface area contributed by atoms with Crippen molar-refractivity contribution < 1.29 is 4.74 Å². The molecule has 2 nitrogen and oxygen atoms in total. The number of likely N-dealkylation sites (N-methyl/N-ethyl adjacent to an activating group) is 1.